The van der Waals surface area contributed by atoms with E-state index in [0.29, 0.717) is 5.16 Å². The summed E-state index contributed by atoms with van der Waals surface area (Å²) in [5.74, 6) is 0. The summed E-state index contributed by atoms with van der Waals surface area (Å²) in [6, 6.07) is 7.54. The fourth-order valence-corrected chi connectivity index (χ4v) is 3.09. The molecule has 4 atom stereocenters. The topological polar surface area (TPSA) is 87.7 Å². The van der Waals surface area contributed by atoms with Crippen molar-refractivity contribution in [1.29, 1.82) is 0 Å². The molecule has 108 valence electrons. The maximum atomic E-state index is 10.2. The van der Waals surface area contributed by atoms with Gasteiger partial charge in [-0.25, -0.2) is 4.98 Å². The minimum Gasteiger partial charge on any atom is -0.394 e. The molecule has 1 fully saturated rings. The Bertz CT molecular complexity index is 617. The van der Waals surface area contributed by atoms with Gasteiger partial charge in [-0.2, -0.15) is 0 Å². The highest BCUT2D eigenvalue weighted by atomic mass is 32.2. The van der Waals surface area contributed by atoms with Gasteiger partial charge in [0, 0.05) is 0 Å². The lowest BCUT2D eigenvalue weighted by Crippen LogP contribution is -2.33. The second kappa shape index (κ2) is 5.34. The lowest BCUT2D eigenvalue weighted by Gasteiger charge is -2.19. The van der Waals surface area contributed by atoms with Crippen LogP contribution in [0.1, 0.15) is 6.23 Å². The molecule has 0 spiro atoms. The van der Waals surface area contributed by atoms with E-state index in [4.69, 9.17) is 4.74 Å². The number of thioether (sulfide) groups is 1. The van der Waals surface area contributed by atoms with E-state index in [1.54, 1.807) is 4.57 Å². The number of hydrogen-bond acceptors (Lipinski definition) is 6. The van der Waals surface area contributed by atoms with Crippen molar-refractivity contribution < 1.29 is 20.1 Å². The number of fused-ring (bicyclic) bond motifs is 1. The van der Waals surface area contributed by atoms with Crippen LogP contribution in [0.2, 0.25) is 0 Å². The number of aromatic nitrogens is 2. The van der Waals surface area contributed by atoms with Crippen molar-refractivity contribution in [3.05, 3.63) is 24.3 Å². The molecule has 3 N–H and O–H groups in total. The van der Waals surface area contributed by atoms with Crippen LogP contribution in [0.15, 0.2) is 29.4 Å². The fraction of sp³-hybridized carbons (Fsp3) is 0.462. The number of rotatable bonds is 3. The Morgan fingerprint density at radius 3 is 2.70 bits per heavy atom. The largest absolute Gasteiger partial charge is 0.394 e. The van der Waals surface area contributed by atoms with Crippen LogP contribution in [-0.2, 0) is 4.74 Å². The van der Waals surface area contributed by atoms with Gasteiger partial charge in [0.15, 0.2) is 11.4 Å². The lowest BCUT2D eigenvalue weighted by molar-refractivity contribution is -0.0545. The summed E-state index contributed by atoms with van der Waals surface area (Å²) in [4.78, 5) is 4.48. The van der Waals surface area contributed by atoms with Gasteiger partial charge < -0.3 is 20.1 Å². The number of ether oxygens (including phenoxy) is 1. The first-order chi connectivity index (χ1) is 9.67. The molecule has 0 unspecified atom stereocenters. The van der Waals surface area contributed by atoms with Crippen LogP contribution in [-0.4, -0.2) is 56.0 Å². The Balaban J connectivity index is 2.10. The Morgan fingerprint density at radius 1 is 1.30 bits per heavy atom. The number of hydrogen-bond donors (Lipinski definition) is 3. The van der Waals surface area contributed by atoms with Gasteiger partial charge in [0.2, 0.25) is 0 Å². The van der Waals surface area contributed by atoms with Crippen LogP contribution in [0, 0.1) is 0 Å². The average molecular weight is 296 g/mol. The van der Waals surface area contributed by atoms with Crippen LogP contribution >= 0.6 is 11.8 Å². The number of para-hydroxylation sites is 2. The van der Waals surface area contributed by atoms with E-state index in [1.807, 2.05) is 30.5 Å². The van der Waals surface area contributed by atoms with Crippen LogP contribution < -0.4 is 0 Å². The summed E-state index contributed by atoms with van der Waals surface area (Å²) in [7, 11) is 0. The lowest BCUT2D eigenvalue weighted by atomic mass is 10.1. The van der Waals surface area contributed by atoms with Gasteiger partial charge in [-0.3, -0.25) is 4.57 Å². The summed E-state index contributed by atoms with van der Waals surface area (Å²) in [6.07, 6.45) is -1.86. The predicted octanol–water partition coefficient (Wildman–Crippen LogP) is 0.370. The first-order valence-corrected chi connectivity index (χ1v) is 7.53. The van der Waals surface area contributed by atoms with Gasteiger partial charge in [-0.15, -0.1) is 0 Å². The van der Waals surface area contributed by atoms with Crippen LogP contribution in [0.25, 0.3) is 11.0 Å². The molecular formula is C13H16N2O4S. The minimum absolute atomic E-state index is 0.337. The van der Waals surface area contributed by atoms with Gasteiger partial charge in [0.1, 0.15) is 18.3 Å². The molecule has 20 heavy (non-hydrogen) atoms. The molecule has 0 aliphatic carbocycles. The van der Waals surface area contributed by atoms with Gasteiger partial charge in [-0.1, -0.05) is 23.9 Å². The van der Waals surface area contributed by atoms with Gasteiger partial charge in [0.05, 0.1) is 17.6 Å². The molecule has 1 aliphatic rings. The number of aliphatic hydroxyl groups is 3. The zero-order valence-electron chi connectivity index (χ0n) is 10.9. The molecule has 7 heteroatoms. The molecule has 0 amide bonds. The molecule has 3 rings (SSSR count). The fourth-order valence-electron chi connectivity index (χ4n) is 2.51. The predicted molar refractivity (Wildman–Crippen MR) is 74.5 cm³/mol. The maximum Gasteiger partial charge on any atom is 0.170 e. The molecule has 2 heterocycles. The molecule has 1 saturated heterocycles. The summed E-state index contributed by atoms with van der Waals surface area (Å²) in [5, 5.41) is 29.9. The molecule has 0 bridgehead atoms. The molecular weight excluding hydrogens is 280 g/mol. The van der Waals surface area contributed by atoms with Crippen molar-refractivity contribution in [2.75, 3.05) is 12.9 Å². The molecule has 2 aromatic rings. The third-order valence-corrected chi connectivity index (χ3v) is 4.17. The van der Waals surface area contributed by atoms with E-state index < -0.39 is 24.5 Å². The number of benzene rings is 1. The molecule has 1 aromatic carbocycles. The molecule has 0 radical (unpaired) electrons. The second-order valence-electron chi connectivity index (χ2n) is 4.69. The normalized spacial score (nSPS) is 30.2. The zero-order chi connectivity index (χ0) is 14.3. The van der Waals surface area contributed by atoms with Crippen LogP contribution in [0.5, 0.6) is 0 Å². The third-order valence-electron chi connectivity index (χ3n) is 3.52. The van der Waals surface area contributed by atoms with Crippen molar-refractivity contribution in [2.24, 2.45) is 0 Å². The second-order valence-corrected chi connectivity index (χ2v) is 5.46. The van der Waals surface area contributed by atoms with Crippen molar-refractivity contribution in [2.45, 2.75) is 29.7 Å². The van der Waals surface area contributed by atoms with Crippen LogP contribution in [0.3, 0.4) is 0 Å². The minimum atomic E-state index is -1.11. The Labute approximate surface area is 120 Å². The monoisotopic (exact) mass is 296 g/mol. The highest BCUT2D eigenvalue weighted by molar-refractivity contribution is 7.98. The van der Waals surface area contributed by atoms with E-state index in [2.05, 4.69) is 4.98 Å². The molecule has 1 aliphatic heterocycles. The summed E-state index contributed by atoms with van der Waals surface area (Å²) < 4.78 is 7.36. The van der Waals surface area contributed by atoms with Gasteiger partial charge >= 0.3 is 0 Å². The maximum absolute atomic E-state index is 10.2. The summed E-state index contributed by atoms with van der Waals surface area (Å²) in [6.45, 7) is -0.337. The first-order valence-electron chi connectivity index (χ1n) is 6.30. The van der Waals surface area contributed by atoms with Gasteiger partial charge in [0.25, 0.3) is 0 Å². The van der Waals surface area contributed by atoms with Gasteiger partial charge in [-0.05, 0) is 18.4 Å². The van der Waals surface area contributed by atoms with E-state index in [-0.39, 0.29) is 6.61 Å². The Morgan fingerprint density at radius 2 is 2.05 bits per heavy atom. The van der Waals surface area contributed by atoms with E-state index in [9.17, 15) is 15.3 Å². The number of imidazole rings is 1. The van der Waals surface area contributed by atoms with Crippen molar-refractivity contribution >= 4 is 22.8 Å². The standard InChI is InChI=1S/C13H16N2O4S/c1-20-13-14-7-4-2-3-5-8(7)15(13)12-11(18)10(17)9(6-16)19-12/h2-5,9-12,16-18H,6H2,1H3/t9-,10+,11-,12+/m0/s1. The van der Waals surface area contributed by atoms with Crippen molar-refractivity contribution in [3.8, 4) is 0 Å². The number of aliphatic hydroxyl groups excluding tert-OH is 3. The first kappa shape index (κ1) is 13.8. The zero-order valence-corrected chi connectivity index (χ0v) is 11.7. The van der Waals surface area contributed by atoms with E-state index >= 15 is 0 Å². The Hall–Kier alpha value is -1.12. The third kappa shape index (κ3) is 2.02. The highest BCUT2D eigenvalue weighted by Gasteiger charge is 2.44. The SMILES string of the molecule is CSc1nc2ccccc2n1[C@@H]1O[C@@H](CO)[C@@H](O)[C@@H]1O. The molecule has 1 aromatic heterocycles. The average Bonchev–Trinajstić information content (AvgIpc) is 2.98. The summed E-state index contributed by atoms with van der Waals surface area (Å²) in [5.41, 5.74) is 1.63. The Kier molecular flexibility index (Phi) is 3.70. The van der Waals surface area contributed by atoms with Crippen LogP contribution in [0.4, 0.5) is 0 Å². The van der Waals surface area contributed by atoms with E-state index in [1.165, 1.54) is 11.8 Å². The summed E-state index contributed by atoms with van der Waals surface area (Å²) >= 11 is 1.44. The smallest absolute Gasteiger partial charge is 0.170 e. The highest BCUT2D eigenvalue weighted by Crippen LogP contribution is 2.35. The number of nitrogens with zero attached hydrogens (tertiary/aromatic N) is 2. The molecule has 0 saturated carbocycles. The van der Waals surface area contributed by atoms with E-state index in [0.717, 1.165) is 11.0 Å². The van der Waals surface area contributed by atoms with Crippen molar-refractivity contribution in [3.63, 3.8) is 0 Å². The quantitative estimate of drug-likeness (QED) is 0.709. The molecule has 6 nitrogen and oxygen atoms in total. The van der Waals surface area contributed by atoms with Crippen molar-refractivity contribution in [1.82, 2.24) is 9.55 Å².